The normalized spacial score (nSPS) is 14.0. The van der Waals surface area contributed by atoms with Gasteiger partial charge in [0.25, 0.3) is 0 Å². The van der Waals surface area contributed by atoms with Crippen molar-refractivity contribution in [2.24, 2.45) is 0 Å². The molecule has 0 amide bonds. The number of nitrogens with one attached hydrogen (secondary N) is 4. The summed E-state index contributed by atoms with van der Waals surface area (Å²) in [6, 6.07) is 5.34. The van der Waals surface area contributed by atoms with Crippen molar-refractivity contribution in [3.8, 4) is 0 Å². The number of aromatic nitrogens is 2. The van der Waals surface area contributed by atoms with Crippen molar-refractivity contribution in [1.29, 1.82) is 5.41 Å². The first kappa shape index (κ1) is 18.0. The predicted molar refractivity (Wildman–Crippen MR) is 95.5 cm³/mol. The topological polar surface area (TPSA) is 85.7 Å². The Labute approximate surface area is 148 Å². The van der Waals surface area contributed by atoms with E-state index in [4.69, 9.17) is 5.41 Å². The molecule has 1 aliphatic rings. The van der Waals surface area contributed by atoms with Crippen LogP contribution in [-0.4, -0.2) is 28.8 Å². The van der Waals surface area contributed by atoms with E-state index in [9.17, 15) is 13.2 Å². The first-order valence-electron chi connectivity index (χ1n) is 8.27. The second kappa shape index (κ2) is 7.19. The Bertz CT molecular complexity index is 802. The zero-order chi connectivity index (χ0) is 18.7. The van der Waals surface area contributed by atoms with E-state index in [2.05, 4.69) is 25.9 Å². The van der Waals surface area contributed by atoms with E-state index in [1.54, 1.807) is 12.1 Å². The largest absolute Gasteiger partial charge is 0.421 e. The van der Waals surface area contributed by atoms with Crippen molar-refractivity contribution in [1.82, 2.24) is 9.97 Å². The first-order chi connectivity index (χ1) is 12.4. The summed E-state index contributed by atoms with van der Waals surface area (Å²) in [7, 11) is 0. The summed E-state index contributed by atoms with van der Waals surface area (Å²) < 4.78 is 39.5. The van der Waals surface area contributed by atoms with Gasteiger partial charge < -0.3 is 21.4 Å². The summed E-state index contributed by atoms with van der Waals surface area (Å²) >= 11 is 0. The number of benzene rings is 1. The highest BCUT2D eigenvalue weighted by Crippen LogP contribution is 2.36. The van der Waals surface area contributed by atoms with Crippen LogP contribution in [-0.2, 0) is 6.18 Å². The van der Waals surface area contributed by atoms with Crippen molar-refractivity contribution >= 4 is 29.4 Å². The van der Waals surface area contributed by atoms with Gasteiger partial charge in [0.05, 0.1) is 5.69 Å². The van der Waals surface area contributed by atoms with E-state index in [-0.39, 0.29) is 17.8 Å². The molecule has 1 saturated carbocycles. The molecule has 0 radical (unpaired) electrons. The standard InChI is InChI=1S/C17H19F3N6/c1-2-22-13-4-3-5-14(11(13)8-21)25-16-23-9-12(17(18,19)20)15(26-16)24-10-6-7-10/h3-5,8-10,21-22H,2,6-7H2,1H3,(H2,23,24,25,26). The Hall–Kier alpha value is -2.84. The van der Waals surface area contributed by atoms with Gasteiger partial charge in [0.2, 0.25) is 5.95 Å². The molecule has 0 aliphatic heterocycles. The van der Waals surface area contributed by atoms with Crippen molar-refractivity contribution in [3.05, 3.63) is 35.5 Å². The van der Waals surface area contributed by atoms with Crippen LogP contribution in [0.4, 0.5) is 36.3 Å². The van der Waals surface area contributed by atoms with Crippen LogP contribution in [0, 0.1) is 5.41 Å². The third-order valence-corrected chi connectivity index (χ3v) is 3.88. The summed E-state index contributed by atoms with van der Waals surface area (Å²) in [4.78, 5) is 7.82. The van der Waals surface area contributed by atoms with E-state index < -0.39 is 11.7 Å². The number of hydrogen-bond donors (Lipinski definition) is 4. The van der Waals surface area contributed by atoms with E-state index in [1.807, 2.05) is 13.0 Å². The summed E-state index contributed by atoms with van der Waals surface area (Å²) in [5, 5.41) is 16.5. The lowest BCUT2D eigenvalue weighted by molar-refractivity contribution is -0.137. The second-order valence-electron chi connectivity index (χ2n) is 5.94. The number of nitrogens with zero attached hydrogens (tertiary/aromatic N) is 2. The highest BCUT2D eigenvalue weighted by molar-refractivity contribution is 5.94. The molecule has 0 saturated heterocycles. The molecule has 0 unspecified atom stereocenters. The second-order valence-corrected chi connectivity index (χ2v) is 5.94. The third kappa shape index (κ3) is 4.04. The van der Waals surface area contributed by atoms with Crippen LogP contribution in [0.25, 0.3) is 0 Å². The molecule has 1 fully saturated rings. The molecule has 0 spiro atoms. The molecule has 138 valence electrons. The fourth-order valence-electron chi connectivity index (χ4n) is 2.48. The lowest BCUT2D eigenvalue weighted by atomic mass is 10.1. The van der Waals surface area contributed by atoms with Gasteiger partial charge in [-0.05, 0) is 31.9 Å². The number of rotatable bonds is 7. The van der Waals surface area contributed by atoms with Crippen LogP contribution >= 0.6 is 0 Å². The van der Waals surface area contributed by atoms with Crippen LogP contribution in [0.15, 0.2) is 24.4 Å². The van der Waals surface area contributed by atoms with Crippen molar-refractivity contribution in [2.45, 2.75) is 32.0 Å². The SMILES string of the molecule is CCNc1cccc(Nc2ncc(C(F)(F)F)c(NC3CC3)n2)c1C=N. The number of halogens is 3. The summed E-state index contributed by atoms with van der Waals surface area (Å²) in [5.41, 5.74) is 0.976. The Morgan fingerprint density at radius 2 is 2.00 bits per heavy atom. The smallest absolute Gasteiger partial charge is 0.385 e. The van der Waals surface area contributed by atoms with Gasteiger partial charge >= 0.3 is 6.18 Å². The monoisotopic (exact) mass is 364 g/mol. The minimum absolute atomic E-state index is 0.0214. The van der Waals surface area contributed by atoms with Crippen LogP contribution in [0.2, 0.25) is 0 Å². The van der Waals surface area contributed by atoms with Gasteiger partial charge in [-0.3, -0.25) is 0 Å². The fourth-order valence-corrected chi connectivity index (χ4v) is 2.48. The molecule has 1 aromatic heterocycles. The van der Waals surface area contributed by atoms with Crippen molar-refractivity contribution in [3.63, 3.8) is 0 Å². The molecule has 9 heteroatoms. The van der Waals surface area contributed by atoms with Gasteiger partial charge in [0.1, 0.15) is 11.4 Å². The maximum Gasteiger partial charge on any atom is 0.421 e. The van der Waals surface area contributed by atoms with Crippen LogP contribution in [0.1, 0.15) is 30.9 Å². The Balaban J connectivity index is 1.93. The molecule has 0 atom stereocenters. The maximum atomic E-state index is 13.2. The summed E-state index contributed by atoms with van der Waals surface area (Å²) in [5.74, 6) is -0.186. The molecule has 1 aliphatic carbocycles. The minimum Gasteiger partial charge on any atom is -0.385 e. The molecule has 1 heterocycles. The van der Waals surface area contributed by atoms with E-state index in [0.29, 0.717) is 17.8 Å². The molecule has 2 aromatic rings. The van der Waals surface area contributed by atoms with E-state index in [0.717, 1.165) is 24.7 Å². The van der Waals surface area contributed by atoms with Crippen LogP contribution < -0.4 is 16.0 Å². The van der Waals surface area contributed by atoms with Gasteiger partial charge in [-0.15, -0.1) is 0 Å². The summed E-state index contributed by atoms with van der Waals surface area (Å²) in [6.07, 6.45) is -0.924. The summed E-state index contributed by atoms with van der Waals surface area (Å²) in [6.45, 7) is 2.61. The van der Waals surface area contributed by atoms with Gasteiger partial charge in [-0.2, -0.15) is 18.2 Å². The number of alkyl halides is 3. The molecule has 4 N–H and O–H groups in total. The first-order valence-corrected chi connectivity index (χ1v) is 8.27. The number of anilines is 4. The molecule has 3 rings (SSSR count). The highest BCUT2D eigenvalue weighted by Gasteiger charge is 2.36. The van der Waals surface area contributed by atoms with Gasteiger partial charge in [0, 0.05) is 36.2 Å². The fraction of sp³-hybridized carbons (Fsp3) is 0.353. The van der Waals surface area contributed by atoms with Crippen LogP contribution in [0.3, 0.4) is 0 Å². The molecule has 1 aromatic carbocycles. The predicted octanol–water partition coefficient (Wildman–Crippen LogP) is 4.24. The lowest BCUT2D eigenvalue weighted by Gasteiger charge is -2.16. The Kier molecular flexibility index (Phi) is 4.97. The molecular formula is C17H19F3N6. The van der Waals surface area contributed by atoms with Gasteiger partial charge in [-0.1, -0.05) is 6.07 Å². The van der Waals surface area contributed by atoms with Crippen molar-refractivity contribution < 1.29 is 13.2 Å². The Morgan fingerprint density at radius 3 is 2.62 bits per heavy atom. The lowest BCUT2D eigenvalue weighted by Crippen LogP contribution is -2.15. The minimum atomic E-state index is -4.53. The quantitative estimate of drug-likeness (QED) is 0.552. The Morgan fingerprint density at radius 1 is 1.27 bits per heavy atom. The van der Waals surface area contributed by atoms with Gasteiger partial charge in [-0.25, -0.2) is 4.98 Å². The van der Waals surface area contributed by atoms with Crippen LogP contribution in [0.5, 0.6) is 0 Å². The average Bonchev–Trinajstić information content (AvgIpc) is 3.38. The van der Waals surface area contributed by atoms with E-state index in [1.165, 1.54) is 6.21 Å². The maximum absolute atomic E-state index is 13.2. The molecule has 0 bridgehead atoms. The molecular weight excluding hydrogens is 345 g/mol. The molecule has 6 nitrogen and oxygen atoms in total. The average molecular weight is 364 g/mol. The zero-order valence-electron chi connectivity index (χ0n) is 14.1. The highest BCUT2D eigenvalue weighted by atomic mass is 19.4. The van der Waals surface area contributed by atoms with Gasteiger partial charge in [0.15, 0.2) is 0 Å². The number of hydrogen-bond acceptors (Lipinski definition) is 6. The van der Waals surface area contributed by atoms with Crippen molar-refractivity contribution in [2.75, 3.05) is 22.5 Å². The van der Waals surface area contributed by atoms with E-state index >= 15 is 0 Å². The zero-order valence-corrected chi connectivity index (χ0v) is 14.1. The molecule has 26 heavy (non-hydrogen) atoms. The third-order valence-electron chi connectivity index (χ3n) is 3.88.